The maximum absolute atomic E-state index is 11.4. The Morgan fingerprint density at radius 1 is 1.25 bits per heavy atom. The third-order valence-electron chi connectivity index (χ3n) is 3.34. The molecule has 1 N–H and O–H groups in total. The minimum absolute atomic E-state index is 0.119. The van der Waals surface area contributed by atoms with Gasteiger partial charge < -0.3 is 19.6 Å². The van der Waals surface area contributed by atoms with E-state index in [4.69, 9.17) is 7.85 Å². The summed E-state index contributed by atoms with van der Waals surface area (Å²) in [5.41, 5.74) is 0.922. The van der Waals surface area contributed by atoms with Crippen LogP contribution in [0.1, 0.15) is 10.4 Å². The molecule has 0 unspecified atom stereocenters. The van der Waals surface area contributed by atoms with Crippen LogP contribution in [0.3, 0.4) is 0 Å². The number of piperazine rings is 1. The van der Waals surface area contributed by atoms with E-state index >= 15 is 0 Å². The Kier molecular flexibility index (Phi) is 4.17. The molecule has 1 aliphatic rings. The highest BCUT2D eigenvalue weighted by molar-refractivity contribution is 6.56. The first-order valence-electron chi connectivity index (χ1n) is 6.23. The van der Waals surface area contributed by atoms with Crippen LogP contribution in [0, 0.1) is 0 Å². The van der Waals surface area contributed by atoms with Crippen molar-refractivity contribution in [1.82, 2.24) is 4.90 Å². The Morgan fingerprint density at radius 2 is 1.90 bits per heavy atom. The first-order valence-corrected chi connectivity index (χ1v) is 6.23. The van der Waals surface area contributed by atoms with Crippen LogP contribution >= 0.6 is 0 Å². The SMILES string of the molecule is [B]C(=O)N1CCN(c2ccc(C(=O)OC)c(O)c2)CC1. The molecular formula is C13H15BN2O4. The van der Waals surface area contributed by atoms with E-state index in [1.807, 2.05) is 4.90 Å². The van der Waals surface area contributed by atoms with Crippen molar-refractivity contribution in [1.29, 1.82) is 0 Å². The number of phenols is 1. The number of carbonyl (C=O) groups is 2. The first kappa shape index (κ1) is 14.2. The Labute approximate surface area is 118 Å². The molecule has 0 bridgehead atoms. The molecule has 2 radical (unpaired) electrons. The molecule has 6 nitrogen and oxygen atoms in total. The standard InChI is InChI=1S/C13H15BN2O4/c1-20-12(18)10-3-2-9(8-11(10)17)15-4-6-16(7-5-15)13(14)19/h2-3,8,17H,4-7H2,1H3. The van der Waals surface area contributed by atoms with Crippen molar-refractivity contribution >= 4 is 25.3 Å². The number of methoxy groups -OCH3 is 1. The highest BCUT2D eigenvalue weighted by atomic mass is 16.5. The van der Waals surface area contributed by atoms with Gasteiger partial charge in [0.15, 0.2) is 5.81 Å². The topological polar surface area (TPSA) is 70.1 Å². The average Bonchev–Trinajstić information content (AvgIpc) is 2.46. The van der Waals surface area contributed by atoms with Gasteiger partial charge in [0, 0.05) is 37.9 Å². The van der Waals surface area contributed by atoms with Crippen molar-refractivity contribution in [3.8, 4) is 5.75 Å². The molecule has 20 heavy (non-hydrogen) atoms. The monoisotopic (exact) mass is 274 g/mol. The van der Waals surface area contributed by atoms with E-state index in [9.17, 15) is 14.7 Å². The number of benzene rings is 1. The fraction of sp³-hybridized carbons (Fsp3) is 0.385. The van der Waals surface area contributed by atoms with Crippen molar-refractivity contribution in [2.75, 3.05) is 38.2 Å². The molecule has 0 saturated carbocycles. The summed E-state index contributed by atoms with van der Waals surface area (Å²) >= 11 is 0. The molecule has 2 rings (SSSR count). The zero-order valence-electron chi connectivity index (χ0n) is 11.2. The molecule has 0 atom stereocenters. The summed E-state index contributed by atoms with van der Waals surface area (Å²) in [6.07, 6.45) is 0. The van der Waals surface area contributed by atoms with E-state index in [-0.39, 0.29) is 11.3 Å². The van der Waals surface area contributed by atoms with Crippen LogP contribution in [0.2, 0.25) is 0 Å². The lowest BCUT2D eigenvalue weighted by Crippen LogP contribution is -2.48. The Bertz CT molecular complexity index is 527. The highest BCUT2D eigenvalue weighted by Crippen LogP contribution is 2.26. The van der Waals surface area contributed by atoms with Gasteiger partial charge in [0.2, 0.25) is 7.85 Å². The molecule has 1 aromatic rings. The summed E-state index contributed by atoms with van der Waals surface area (Å²) in [5, 5.41) is 9.85. The van der Waals surface area contributed by atoms with Crippen molar-refractivity contribution in [3.63, 3.8) is 0 Å². The zero-order chi connectivity index (χ0) is 14.7. The number of hydrogen-bond donors (Lipinski definition) is 1. The van der Waals surface area contributed by atoms with Crippen LogP contribution in [-0.2, 0) is 4.74 Å². The first-order chi connectivity index (χ1) is 9.52. The van der Waals surface area contributed by atoms with E-state index in [2.05, 4.69) is 4.74 Å². The molecule has 0 aromatic heterocycles. The number of ether oxygens (including phenoxy) is 1. The summed E-state index contributed by atoms with van der Waals surface area (Å²) in [6, 6.07) is 4.79. The Hall–Kier alpha value is -2.18. The zero-order valence-corrected chi connectivity index (χ0v) is 11.2. The van der Waals surface area contributed by atoms with Crippen molar-refractivity contribution < 1.29 is 19.4 Å². The number of esters is 1. The van der Waals surface area contributed by atoms with Crippen molar-refractivity contribution in [3.05, 3.63) is 23.8 Å². The van der Waals surface area contributed by atoms with Gasteiger partial charge in [0.1, 0.15) is 11.3 Å². The van der Waals surface area contributed by atoms with Crippen LogP contribution < -0.4 is 4.90 Å². The van der Waals surface area contributed by atoms with Gasteiger partial charge in [-0.3, -0.25) is 4.79 Å². The number of nitrogens with zero attached hydrogens (tertiary/aromatic N) is 2. The van der Waals surface area contributed by atoms with Gasteiger partial charge in [-0.25, -0.2) is 4.79 Å². The maximum atomic E-state index is 11.4. The van der Waals surface area contributed by atoms with Gasteiger partial charge in [-0.05, 0) is 12.1 Å². The van der Waals surface area contributed by atoms with E-state index in [1.165, 1.54) is 19.2 Å². The summed E-state index contributed by atoms with van der Waals surface area (Å²) in [5.74, 6) is -1.12. The number of hydrogen-bond acceptors (Lipinski definition) is 5. The smallest absolute Gasteiger partial charge is 0.341 e. The Morgan fingerprint density at radius 3 is 2.40 bits per heavy atom. The summed E-state index contributed by atoms with van der Waals surface area (Å²) in [4.78, 5) is 26.0. The molecule has 1 saturated heterocycles. The highest BCUT2D eigenvalue weighted by Gasteiger charge is 2.20. The minimum Gasteiger partial charge on any atom is -0.507 e. The van der Waals surface area contributed by atoms with Crippen LogP contribution in [0.25, 0.3) is 0 Å². The molecule has 1 aromatic carbocycles. The third kappa shape index (κ3) is 2.87. The van der Waals surface area contributed by atoms with E-state index in [0.29, 0.717) is 26.2 Å². The maximum Gasteiger partial charge on any atom is 0.341 e. The normalized spacial score (nSPS) is 15.1. The lowest BCUT2D eigenvalue weighted by atomic mass is 10.1. The van der Waals surface area contributed by atoms with E-state index < -0.39 is 11.8 Å². The second-order valence-electron chi connectivity index (χ2n) is 4.51. The largest absolute Gasteiger partial charge is 0.507 e. The molecule has 1 amide bonds. The average molecular weight is 274 g/mol. The van der Waals surface area contributed by atoms with E-state index in [1.54, 1.807) is 11.0 Å². The molecule has 1 aliphatic heterocycles. The Balaban J connectivity index is 2.09. The number of aromatic hydroxyl groups is 1. The van der Waals surface area contributed by atoms with Crippen LogP contribution in [0.4, 0.5) is 10.5 Å². The second-order valence-corrected chi connectivity index (χ2v) is 4.51. The number of phenolic OH excluding ortho intramolecular Hbond substituents is 1. The second kappa shape index (κ2) is 5.86. The lowest BCUT2D eigenvalue weighted by Gasteiger charge is -2.36. The van der Waals surface area contributed by atoms with Gasteiger partial charge in [-0.2, -0.15) is 0 Å². The van der Waals surface area contributed by atoms with Crippen molar-refractivity contribution in [2.24, 2.45) is 0 Å². The molecule has 1 heterocycles. The number of amides is 1. The molecule has 0 spiro atoms. The molecular weight excluding hydrogens is 259 g/mol. The predicted octanol–water partition coefficient (Wildman–Crippen LogP) is 0.589. The fourth-order valence-electron chi connectivity index (χ4n) is 2.18. The van der Waals surface area contributed by atoms with E-state index in [0.717, 1.165) is 5.69 Å². The van der Waals surface area contributed by atoms with Crippen molar-refractivity contribution in [2.45, 2.75) is 0 Å². The third-order valence-corrected chi connectivity index (χ3v) is 3.34. The molecule has 1 fully saturated rings. The molecule has 0 aliphatic carbocycles. The fourth-order valence-corrected chi connectivity index (χ4v) is 2.18. The van der Waals surface area contributed by atoms with Crippen LogP contribution in [0.15, 0.2) is 18.2 Å². The summed E-state index contributed by atoms with van der Waals surface area (Å²) in [7, 11) is 6.48. The summed E-state index contributed by atoms with van der Waals surface area (Å²) in [6.45, 7) is 2.32. The minimum atomic E-state index is -0.576. The van der Waals surface area contributed by atoms with Gasteiger partial charge in [0.25, 0.3) is 0 Å². The molecule has 7 heteroatoms. The van der Waals surface area contributed by atoms with Crippen LogP contribution in [-0.4, -0.2) is 62.9 Å². The molecule has 104 valence electrons. The van der Waals surface area contributed by atoms with Crippen LogP contribution in [0.5, 0.6) is 5.75 Å². The van der Waals surface area contributed by atoms with Gasteiger partial charge in [-0.1, -0.05) is 0 Å². The summed E-state index contributed by atoms with van der Waals surface area (Å²) < 4.78 is 4.57. The van der Waals surface area contributed by atoms with Gasteiger partial charge >= 0.3 is 5.97 Å². The number of rotatable bonds is 2. The number of carbonyl (C=O) groups excluding carboxylic acids is 2. The van der Waals surface area contributed by atoms with Gasteiger partial charge in [-0.15, -0.1) is 0 Å². The number of anilines is 1. The lowest BCUT2D eigenvalue weighted by molar-refractivity contribution is 0.0597. The predicted molar refractivity (Wildman–Crippen MR) is 74.4 cm³/mol. The van der Waals surface area contributed by atoms with Gasteiger partial charge in [0.05, 0.1) is 7.11 Å². The quantitative estimate of drug-likeness (QED) is 0.631.